The molecule has 0 saturated carbocycles. The Bertz CT molecular complexity index is 373. The van der Waals surface area contributed by atoms with E-state index >= 15 is 0 Å². The third-order valence-electron chi connectivity index (χ3n) is 3.72. The molecule has 0 aromatic heterocycles. The van der Waals surface area contributed by atoms with Crippen molar-refractivity contribution in [2.75, 3.05) is 0 Å². The standard InChI is InChI=1S/C12H19N3O3/c1-7-4-3-5-8(2)15(7)10(16)6-9-11(17)14-12(18)13-9/h7-9H,3-6H2,1-2H3,(H2,13,14,17,18). The highest BCUT2D eigenvalue weighted by molar-refractivity contribution is 6.05. The first-order chi connectivity index (χ1) is 8.49. The number of imide groups is 1. The van der Waals surface area contributed by atoms with Gasteiger partial charge in [0.05, 0.1) is 6.42 Å². The highest BCUT2D eigenvalue weighted by Gasteiger charge is 2.35. The van der Waals surface area contributed by atoms with Crippen LogP contribution in [0.1, 0.15) is 39.5 Å². The van der Waals surface area contributed by atoms with Gasteiger partial charge in [-0.1, -0.05) is 0 Å². The second-order valence-electron chi connectivity index (χ2n) is 5.15. The molecule has 0 aliphatic carbocycles. The van der Waals surface area contributed by atoms with Gasteiger partial charge >= 0.3 is 6.03 Å². The van der Waals surface area contributed by atoms with Crippen molar-refractivity contribution in [2.24, 2.45) is 0 Å². The molecule has 2 aliphatic rings. The van der Waals surface area contributed by atoms with Gasteiger partial charge in [-0.25, -0.2) is 4.79 Å². The lowest BCUT2D eigenvalue weighted by Gasteiger charge is -2.39. The number of nitrogens with one attached hydrogen (secondary N) is 2. The van der Waals surface area contributed by atoms with Crippen LogP contribution in [0.5, 0.6) is 0 Å². The molecular formula is C12H19N3O3. The van der Waals surface area contributed by atoms with Crippen molar-refractivity contribution in [2.45, 2.75) is 57.7 Å². The summed E-state index contributed by atoms with van der Waals surface area (Å²) in [6.07, 6.45) is 3.18. The fourth-order valence-corrected chi connectivity index (χ4v) is 2.80. The van der Waals surface area contributed by atoms with E-state index in [-0.39, 0.29) is 24.4 Å². The largest absolute Gasteiger partial charge is 0.337 e. The maximum Gasteiger partial charge on any atom is 0.322 e. The van der Waals surface area contributed by atoms with E-state index in [1.807, 2.05) is 18.7 Å². The molecule has 0 bridgehead atoms. The van der Waals surface area contributed by atoms with Gasteiger partial charge in [-0.15, -0.1) is 0 Å². The number of nitrogens with zero attached hydrogens (tertiary/aromatic N) is 1. The van der Waals surface area contributed by atoms with Crippen LogP contribution in [0.25, 0.3) is 0 Å². The number of amides is 4. The van der Waals surface area contributed by atoms with Crippen molar-refractivity contribution in [1.82, 2.24) is 15.5 Å². The molecule has 6 nitrogen and oxygen atoms in total. The number of hydrogen-bond acceptors (Lipinski definition) is 3. The van der Waals surface area contributed by atoms with Gasteiger partial charge in [-0.2, -0.15) is 0 Å². The third kappa shape index (κ3) is 2.47. The van der Waals surface area contributed by atoms with E-state index in [4.69, 9.17) is 0 Å². The molecule has 2 N–H and O–H groups in total. The summed E-state index contributed by atoms with van der Waals surface area (Å²) in [5.41, 5.74) is 0. The molecule has 0 aromatic rings. The van der Waals surface area contributed by atoms with Crippen molar-refractivity contribution in [3.63, 3.8) is 0 Å². The van der Waals surface area contributed by atoms with Gasteiger partial charge in [0.25, 0.3) is 5.91 Å². The summed E-state index contributed by atoms with van der Waals surface area (Å²) in [4.78, 5) is 36.5. The molecule has 3 unspecified atom stereocenters. The van der Waals surface area contributed by atoms with Gasteiger partial charge in [0.1, 0.15) is 6.04 Å². The van der Waals surface area contributed by atoms with Crippen LogP contribution in [0.4, 0.5) is 4.79 Å². The minimum atomic E-state index is -0.716. The fraction of sp³-hybridized carbons (Fsp3) is 0.750. The smallest absolute Gasteiger partial charge is 0.322 e. The third-order valence-corrected chi connectivity index (χ3v) is 3.72. The molecule has 4 amide bonds. The Morgan fingerprint density at radius 2 is 1.89 bits per heavy atom. The van der Waals surface area contributed by atoms with E-state index in [1.165, 1.54) is 0 Å². The summed E-state index contributed by atoms with van der Waals surface area (Å²) >= 11 is 0. The Kier molecular flexibility index (Phi) is 3.54. The molecule has 2 fully saturated rings. The average molecular weight is 253 g/mol. The number of likely N-dealkylation sites (tertiary alicyclic amines) is 1. The van der Waals surface area contributed by atoms with E-state index in [2.05, 4.69) is 10.6 Å². The van der Waals surface area contributed by atoms with Crippen molar-refractivity contribution < 1.29 is 14.4 Å². The van der Waals surface area contributed by atoms with E-state index in [0.717, 1.165) is 19.3 Å². The monoisotopic (exact) mass is 253 g/mol. The molecule has 3 atom stereocenters. The highest BCUT2D eigenvalue weighted by Crippen LogP contribution is 2.23. The summed E-state index contributed by atoms with van der Waals surface area (Å²) in [7, 11) is 0. The molecule has 0 aromatic carbocycles. The van der Waals surface area contributed by atoms with Crippen molar-refractivity contribution in [1.29, 1.82) is 0 Å². The Morgan fingerprint density at radius 1 is 1.28 bits per heavy atom. The second kappa shape index (κ2) is 4.96. The Morgan fingerprint density at radius 3 is 2.39 bits per heavy atom. The van der Waals surface area contributed by atoms with Crippen LogP contribution in [-0.4, -0.2) is 40.9 Å². The number of carbonyl (C=O) groups is 3. The quantitative estimate of drug-likeness (QED) is 0.698. The Labute approximate surface area is 106 Å². The first-order valence-electron chi connectivity index (χ1n) is 6.41. The van der Waals surface area contributed by atoms with Crippen LogP contribution in [0, 0.1) is 0 Å². The van der Waals surface area contributed by atoms with Gasteiger partial charge in [0.2, 0.25) is 5.91 Å². The zero-order valence-electron chi connectivity index (χ0n) is 10.7. The molecule has 2 aliphatic heterocycles. The summed E-state index contributed by atoms with van der Waals surface area (Å²) in [6, 6.07) is -0.813. The summed E-state index contributed by atoms with van der Waals surface area (Å²) in [5, 5.41) is 4.59. The number of carbonyl (C=O) groups excluding carboxylic acids is 3. The number of urea groups is 1. The van der Waals surface area contributed by atoms with Crippen LogP contribution in [-0.2, 0) is 9.59 Å². The Hall–Kier alpha value is -1.59. The molecule has 100 valence electrons. The summed E-state index contributed by atoms with van der Waals surface area (Å²) in [6.45, 7) is 4.06. The van der Waals surface area contributed by atoms with Gasteiger partial charge in [0, 0.05) is 12.1 Å². The molecule has 2 rings (SSSR count). The van der Waals surface area contributed by atoms with Crippen LogP contribution in [0.3, 0.4) is 0 Å². The molecule has 0 spiro atoms. The number of hydrogen-bond donors (Lipinski definition) is 2. The van der Waals surface area contributed by atoms with Gasteiger partial charge < -0.3 is 10.2 Å². The summed E-state index contributed by atoms with van der Waals surface area (Å²) in [5.74, 6) is -0.470. The first-order valence-corrected chi connectivity index (χ1v) is 6.41. The fourth-order valence-electron chi connectivity index (χ4n) is 2.80. The van der Waals surface area contributed by atoms with Crippen molar-refractivity contribution in [3.8, 4) is 0 Å². The minimum Gasteiger partial charge on any atom is -0.337 e. The van der Waals surface area contributed by atoms with Crippen molar-refractivity contribution in [3.05, 3.63) is 0 Å². The molecule has 0 radical (unpaired) electrons. The molecular weight excluding hydrogens is 234 g/mol. The van der Waals surface area contributed by atoms with E-state index in [9.17, 15) is 14.4 Å². The Balaban J connectivity index is 1.98. The predicted octanol–water partition coefficient (Wildman–Crippen LogP) is 0.374. The molecule has 2 saturated heterocycles. The highest BCUT2D eigenvalue weighted by atomic mass is 16.2. The topological polar surface area (TPSA) is 78.5 Å². The van der Waals surface area contributed by atoms with E-state index < -0.39 is 18.0 Å². The van der Waals surface area contributed by atoms with Crippen molar-refractivity contribution >= 4 is 17.8 Å². The van der Waals surface area contributed by atoms with E-state index in [0.29, 0.717) is 0 Å². The van der Waals surface area contributed by atoms with Crippen LogP contribution < -0.4 is 10.6 Å². The van der Waals surface area contributed by atoms with Gasteiger partial charge in [-0.3, -0.25) is 14.9 Å². The number of piperidine rings is 1. The average Bonchev–Trinajstić information content (AvgIpc) is 2.57. The zero-order valence-corrected chi connectivity index (χ0v) is 10.7. The lowest BCUT2D eigenvalue weighted by molar-refractivity contribution is -0.139. The lowest BCUT2D eigenvalue weighted by Crippen LogP contribution is -2.49. The van der Waals surface area contributed by atoms with Crippen LogP contribution in [0.2, 0.25) is 0 Å². The molecule has 2 heterocycles. The zero-order chi connectivity index (χ0) is 13.3. The number of rotatable bonds is 2. The van der Waals surface area contributed by atoms with Gasteiger partial charge in [0.15, 0.2) is 0 Å². The maximum atomic E-state index is 12.2. The lowest BCUT2D eigenvalue weighted by atomic mass is 9.96. The normalized spacial score (nSPS) is 32.1. The SMILES string of the molecule is CC1CCCC(C)N1C(=O)CC1NC(=O)NC1=O. The molecule has 18 heavy (non-hydrogen) atoms. The first kappa shape index (κ1) is 12.9. The van der Waals surface area contributed by atoms with Crippen LogP contribution >= 0.6 is 0 Å². The molecule has 6 heteroatoms. The van der Waals surface area contributed by atoms with E-state index in [1.54, 1.807) is 0 Å². The summed E-state index contributed by atoms with van der Waals surface area (Å²) < 4.78 is 0. The van der Waals surface area contributed by atoms with Crippen LogP contribution in [0.15, 0.2) is 0 Å². The maximum absolute atomic E-state index is 12.2. The predicted molar refractivity (Wildman–Crippen MR) is 64.7 cm³/mol. The second-order valence-corrected chi connectivity index (χ2v) is 5.15. The minimum absolute atomic E-state index is 0.0479. The van der Waals surface area contributed by atoms with Gasteiger partial charge in [-0.05, 0) is 33.1 Å².